The Kier molecular flexibility index (Phi) is 9.77. The Hall–Kier alpha value is -3.05. The van der Waals surface area contributed by atoms with Crippen molar-refractivity contribution >= 4 is 23.6 Å². The number of rotatable bonds is 11. The van der Waals surface area contributed by atoms with Crippen LogP contribution in [0.15, 0.2) is 84.9 Å². The summed E-state index contributed by atoms with van der Waals surface area (Å²) in [5, 5.41) is 3.04. The third kappa shape index (κ3) is 7.77. The van der Waals surface area contributed by atoms with Gasteiger partial charge in [-0.1, -0.05) is 84.9 Å². The number of nitrogens with zero attached hydrogens (tertiary/aromatic N) is 1. The fourth-order valence-corrected chi connectivity index (χ4v) is 4.69. The van der Waals surface area contributed by atoms with Crippen molar-refractivity contribution < 1.29 is 9.59 Å². The predicted molar refractivity (Wildman–Crippen MR) is 142 cm³/mol. The molecule has 3 aromatic rings. The third-order valence-corrected chi connectivity index (χ3v) is 6.63. The van der Waals surface area contributed by atoms with Gasteiger partial charge in [0, 0.05) is 24.8 Å². The van der Waals surface area contributed by atoms with Crippen molar-refractivity contribution in [3.63, 3.8) is 0 Å². The molecule has 4 nitrogen and oxygen atoms in total. The normalized spacial score (nSPS) is 11.8. The lowest BCUT2D eigenvalue weighted by Gasteiger charge is -2.32. The fraction of sp³-hybridized carbons (Fsp3) is 0.310. The van der Waals surface area contributed by atoms with Crippen LogP contribution >= 0.6 is 11.8 Å². The zero-order valence-corrected chi connectivity index (χ0v) is 21.1. The number of nitrogens with one attached hydrogen (secondary N) is 1. The lowest BCUT2D eigenvalue weighted by molar-refractivity contribution is -0.139. The van der Waals surface area contributed by atoms with Crippen LogP contribution in [0.5, 0.6) is 0 Å². The van der Waals surface area contributed by atoms with E-state index < -0.39 is 6.04 Å². The van der Waals surface area contributed by atoms with E-state index in [2.05, 4.69) is 17.4 Å². The van der Waals surface area contributed by atoms with Crippen LogP contribution in [0.2, 0.25) is 0 Å². The summed E-state index contributed by atoms with van der Waals surface area (Å²) in [5.74, 6) is 0.936. The molecule has 0 heterocycles. The number of hydrogen-bond donors (Lipinski definition) is 1. The summed E-state index contributed by atoms with van der Waals surface area (Å²) in [7, 11) is 0. The van der Waals surface area contributed by atoms with Crippen LogP contribution in [0.25, 0.3) is 0 Å². The number of carbonyl (C=O) groups excluding carboxylic acids is 2. The molecule has 0 aromatic heterocycles. The Labute approximate surface area is 207 Å². The van der Waals surface area contributed by atoms with Gasteiger partial charge in [-0.2, -0.15) is 0 Å². The van der Waals surface area contributed by atoms with Gasteiger partial charge in [0.05, 0.1) is 5.75 Å². The van der Waals surface area contributed by atoms with Crippen LogP contribution in [0, 0.1) is 6.92 Å². The first kappa shape index (κ1) is 25.6. The molecule has 0 saturated heterocycles. The highest BCUT2D eigenvalue weighted by Crippen LogP contribution is 2.20. The van der Waals surface area contributed by atoms with Crippen molar-refractivity contribution in [1.29, 1.82) is 0 Å². The van der Waals surface area contributed by atoms with Gasteiger partial charge in [0.2, 0.25) is 11.8 Å². The van der Waals surface area contributed by atoms with E-state index in [1.165, 1.54) is 5.56 Å². The van der Waals surface area contributed by atoms with E-state index >= 15 is 0 Å². The van der Waals surface area contributed by atoms with Crippen molar-refractivity contribution in [2.24, 2.45) is 0 Å². The molecule has 0 aliphatic heterocycles. The van der Waals surface area contributed by atoms with Crippen LogP contribution in [-0.4, -0.2) is 34.6 Å². The van der Waals surface area contributed by atoms with Gasteiger partial charge < -0.3 is 10.2 Å². The van der Waals surface area contributed by atoms with Gasteiger partial charge in [0.15, 0.2) is 0 Å². The Balaban J connectivity index is 1.86. The average Bonchev–Trinajstić information content (AvgIpc) is 2.83. The molecule has 3 rings (SSSR count). The highest BCUT2D eigenvalue weighted by molar-refractivity contribution is 7.99. The van der Waals surface area contributed by atoms with Crippen LogP contribution in [0.1, 0.15) is 36.1 Å². The van der Waals surface area contributed by atoms with Gasteiger partial charge in [-0.25, -0.2) is 0 Å². The minimum absolute atomic E-state index is 0.00589. The van der Waals surface area contributed by atoms with Crippen LogP contribution < -0.4 is 5.32 Å². The molecule has 0 fully saturated rings. The summed E-state index contributed by atoms with van der Waals surface area (Å²) in [5.41, 5.74) is 4.38. The fourth-order valence-electron chi connectivity index (χ4n) is 3.82. The maximum absolute atomic E-state index is 13.6. The van der Waals surface area contributed by atoms with Gasteiger partial charge in [-0.15, -0.1) is 11.8 Å². The molecule has 34 heavy (non-hydrogen) atoms. The van der Waals surface area contributed by atoms with Crippen molar-refractivity contribution in [3.8, 4) is 0 Å². The molecule has 1 N–H and O–H groups in total. The number of amides is 2. The lowest BCUT2D eigenvalue weighted by Crippen LogP contribution is -2.52. The molecule has 1 atom stereocenters. The number of aryl methyl sites for hydroxylation is 1. The minimum Gasteiger partial charge on any atom is -0.352 e. The highest BCUT2D eigenvalue weighted by Gasteiger charge is 2.30. The van der Waals surface area contributed by atoms with E-state index in [4.69, 9.17) is 0 Å². The van der Waals surface area contributed by atoms with Gasteiger partial charge in [-0.3, -0.25) is 9.59 Å². The number of carbonyl (C=O) groups is 2. The summed E-state index contributed by atoms with van der Waals surface area (Å²) in [4.78, 5) is 28.7. The summed E-state index contributed by atoms with van der Waals surface area (Å²) in [6.45, 7) is 6.34. The summed E-state index contributed by atoms with van der Waals surface area (Å²) < 4.78 is 0. The number of hydrogen-bond acceptors (Lipinski definition) is 3. The molecule has 0 bridgehead atoms. The maximum atomic E-state index is 13.6. The van der Waals surface area contributed by atoms with Gasteiger partial charge in [0.25, 0.3) is 0 Å². The summed E-state index contributed by atoms with van der Waals surface area (Å²) in [6.07, 6.45) is 0.473. The van der Waals surface area contributed by atoms with Gasteiger partial charge in [0.1, 0.15) is 6.04 Å². The molecule has 178 valence electrons. The van der Waals surface area contributed by atoms with Gasteiger partial charge >= 0.3 is 0 Å². The molecule has 2 amide bonds. The Morgan fingerprint density at radius 1 is 0.853 bits per heavy atom. The monoisotopic (exact) mass is 474 g/mol. The largest absolute Gasteiger partial charge is 0.352 e. The molecule has 0 spiro atoms. The first-order chi connectivity index (χ1) is 16.4. The van der Waals surface area contributed by atoms with Crippen molar-refractivity contribution in [3.05, 3.63) is 107 Å². The zero-order chi connectivity index (χ0) is 24.3. The summed E-state index contributed by atoms with van der Waals surface area (Å²) >= 11 is 1.58. The second-order valence-electron chi connectivity index (χ2n) is 8.80. The van der Waals surface area contributed by atoms with E-state index in [9.17, 15) is 9.59 Å². The minimum atomic E-state index is -0.589. The van der Waals surface area contributed by atoms with Crippen molar-refractivity contribution in [2.45, 2.75) is 51.6 Å². The Morgan fingerprint density at radius 3 is 2.06 bits per heavy atom. The molecule has 0 saturated carbocycles. The van der Waals surface area contributed by atoms with E-state index in [1.807, 2.05) is 93.6 Å². The molecular formula is C29H34N2O2S. The second kappa shape index (κ2) is 13.0. The van der Waals surface area contributed by atoms with Crippen LogP contribution in [-0.2, 0) is 28.3 Å². The molecule has 0 aliphatic rings. The molecule has 5 heteroatoms. The van der Waals surface area contributed by atoms with Gasteiger partial charge in [-0.05, 0) is 43.0 Å². The summed E-state index contributed by atoms with van der Waals surface area (Å²) in [6, 6.07) is 27.5. The number of thioether (sulfide) groups is 1. The molecule has 0 aliphatic carbocycles. The van der Waals surface area contributed by atoms with E-state index in [0.717, 1.165) is 22.4 Å². The van der Waals surface area contributed by atoms with E-state index in [1.54, 1.807) is 16.7 Å². The Bertz CT molecular complexity index is 1050. The van der Waals surface area contributed by atoms with Crippen molar-refractivity contribution in [1.82, 2.24) is 10.2 Å². The van der Waals surface area contributed by atoms with E-state index in [0.29, 0.717) is 18.7 Å². The quantitative estimate of drug-likeness (QED) is 0.405. The molecular weight excluding hydrogens is 440 g/mol. The smallest absolute Gasteiger partial charge is 0.243 e. The first-order valence-corrected chi connectivity index (χ1v) is 12.9. The van der Waals surface area contributed by atoms with Crippen molar-refractivity contribution in [2.75, 3.05) is 5.75 Å². The maximum Gasteiger partial charge on any atom is 0.243 e. The molecule has 0 unspecified atom stereocenters. The lowest BCUT2D eigenvalue weighted by atomic mass is 10.0. The van der Waals surface area contributed by atoms with E-state index in [-0.39, 0.29) is 17.9 Å². The standard InChI is InChI=1S/C29H34N2O2S/c1-22(2)30-29(33)27(18-24-13-6-4-7-14-24)31(19-26-17-11-10-12-23(26)3)28(32)21-34-20-25-15-8-5-9-16-25/h4-17,22,27H,18-21H2,1-3H3,(H,30,33)/t27-/m0/s1. The average molecular weight is 475 g/mol. The topological polar surface area (TPSA) is 49.4 Å². The zero-order valence-electron chi connectivity index (χ0n) is 20.2. The van der Waals surface area contributed by atoms with Crippen LogP contribution in [0.3, 0.4) is 0 Å². The predicted octanol–water partition coefficient (Wildman–Crippen LogP) is 5.39. The SMILES string of the molecule is Cc1ccccc1CN(C(=O)CSCc1ccccc1)[C@@H](Cc1ccccc1)C(=O)NC(C)C. The van der Waals surface area contributed by atoms with Crippen LogP contribution in [0.4, 0.5) is 0 Å². The molecule has 0 radical (unpaired) electrons. The Morgan fingerprint density at radius 2 is 1.44 bits per heavy atom. The first-order valence-electron chi connectivity index (χ1n) is 11.7. The highest BCUT2D eigenvalue weighted by atomic mass is 32.2. The molecule has 3 aromatic carbocycles. The number of benzene rings is 3. The third-order valence-electron chi connectivity index (χ3n) is 5.64. The second-order valence-corrected chi connectivity index (χ2v) is 9.78.